The van der Waals surface area contributed by atoms with Gasteiger partial charge in [0, 0.05) is 44.1 Å². The highest BCUT2D eigenvalue weighted by atomic mass is 32.2. The lowest BCUT2D eigenvalue weighted by Crippen LogP contribution is -2.47. The molecule has 200 valence electrons. The van der Waals surface area contributed by atoms with Crippen molar-refractivity contribution in [2.45, 2.75) is 57.7 Å². The summed E-state index contributed by atoms with van der Waals surface area (Å²) < 4.78 is 4.02. The lowest BCUT2D eigenvalue weighted by atomic mass is 9.90. The van der Waals surface area contributed by atoms with Crippen LogP contribution in [0.25, 0.3) is 0 Å². The van der Waals surface area contributed by atoms with E-state index < -0.39 is 0 Å². The summed E-state index contributed by atoms with van der Waals surface area (Å²) in [6.45, 7) is 4.81. The summed E-state index contributed by atoms with van der Waals surface area (Å²) in [6.07, 6.45) is 12.7. The Bertz CT molecular complexity index is 1330. The predicted molar refractivity (Wildman–Crippen MR) is 150 cm³/mol. The van der Waals surface area contributed by atoms with Gasteiger partial charge in [-0.15, -0.1) is 0 Å². The molecule has 2 aliphatic heterocycles. The molecule has 6 rings (SSSR count). The Morgan fingerprint density at radius 3 is 2.82 bits per heavy atom. The van der Waals surface area contributed by atoms with Crippen molar-refractivity contribution < 1.29 is 9.59 Å². The van der Waals surface area contributed by atoms with Gasteiger partial charge in [-0.25, -0.2) is 9.67 Å². The van der Waals surface area contributed by atoms with Gasteiger partial charge in [0.2, 0.25) is 5.91 Å². The lowest BCUT2D eigenvalue weighted by molar-refractivity contribution is -0.113. The van der Waals surface area contributed by atoms with Crippen LogP contribution in [0.5, 0.6) is 0 Å². The Morgan fingerprint density at radius 2 is 2.11 bits per heavy atom. The molecule has 0 spiro atoms. The number of thioether (sulfide) groups is 1. The van der Waals surface area contributed by atoms with E-state index in [1.807, 2.05) is 29.7 Å². The molecule has 10 heteroatoms. The highest BCUT2D eigenvalue weighted by Crippen LogP contribution is 2.37. The molecule has 9 nitrogen and oxygen atoms in total. The van der Waals surface area contributed by atoms with Crippen LogP contribution in [0.2, 0.25) is 0 Å². The van der Waals surface area contributed by atoms with Crippen molar-refractivity contribution in [1.29, 1.82) is 0 Å². The zero-order valence-corrected chi connectivity index (χ0v) is 22.8. The second-order valence-corrected chi connectivity index (χ2v) is 11.5. The first-order valence-electron chi connectivity index (χ1n) is 13.6. The monoisotopic (exact) mass is 533 g/mol. The summed E-state index contributed by atoms with van der Waals surface area (Å²) in [5, 5.41) is 11.1. The molecule has 1 aliphatic carbocycles. The quantitative estimate of drug-likeness (QED) is 0.411. The molecule has 3 aromatic rings. The molecule has 1 unspecified atom stereocenters. The highest BCUT2D eigenvalue weighted by Gasteiger charge is 2.35. The minimum atomic E-state index is -0.162. The Labute approximate surface area is 227 Å². The summed E-state index contributed by atoms with van der Waals surface area (Å²) >= 11 is 1.46. The van der Waals surface area contributed by atoms with Crippen molar-refractivity contribution in [2.24, 2.45) is 5.92 Å². The summed E-state index contributed by atoms with van der Waals surface area (Å²) in [4.78, 5) is 32.5. The van der Waals surface area contributed by atoms with Crippen molar-refractivity contribution >= 4 is 35.1 Å². The van der Waals surface area contributed by atoms with Crippen LogP contribution in [-0.2, 0) is 24.2 Å². The highest BCUT2D eigenvalue weighted by molar-refractivity contribution is 7.99. The average Bonchev–Trinajstić information content (AvgIpc) is 3.43. The molecule has 2 amide bonds. The number of hydrogen-bond acceptors (Lipinski definition) is 6. The van der Waals surface area contributed by atoms with E-state index in [-0.39, 0.29) is 17.9 Å². The van der Waals surface area contributed by atoms with E-state index in [4.69, 9.17) is 5.10 Å². The van der Waals surface area contributed by atoms with Crippen molar-refractivity contribution in [2.75, 3.05) is 35.3 Å². The van der Waals surface area contributed by atoms with Gasteiger partial charge >= 0.3 is 0 Å². The van der Waals surface area contributed by atoms with Crippen LogP contribution in [-0.4, -0.2) is 56.2 Å². The van der Waals surface area contributed by atoms with Crippen LogP contribution in [0.15, 0.2) is 36.9 Å². The SMILES string of the molecule is CCc1cc(N2CC(n3ccnc3)C2)ccc1C1Cc2nn(CCC3CC3)c(NC(=O)CSC)c2C(=O)N1. The van der Waals surface area contributed by atoms with E-state index in [1.165, 1.54) is 35.9 Å². The third-order valence-electron chi connectivity index (χ3n) is 7.99. The third-order valence-corrected chi connectivity index (χ3v) is 8.54. The van der Waals surface area contributed by atoms with Gasteiger partial charge in [-0.05, 0) is 48.3 Å². The van der Waals surface area contributed by atoms with E-state index in [2.05, 4.69) is 50.2 Å². The Hall–Kier alpha value is -3.27. The smallest absolute Gasteiger partial charge is 0.257 e. The van der Waals surface area contributed by atoms with Crippen molar-refractivity contribution in [3.05, 3.63) is 59.3 Å². The Balaban J connectivity index is 1.22. The topological polar surface area (TPSA) is 97.1 Å². The van der Waals surface area contributed by atoms with Gasteiger partial charge in [-0.3, -0.25) is 9.59 Å². The van der Waals surface area contributed by atoms with E-state index >= 15 is 0 Å². The number of anilines is 2. The zero-order chi connectivity index (χ0) is 26.2. The lowest BCUT2D eigenvalue weighted by Gasteiger charge is -2.42. The van der Waals surface area contributed by atoms with Crippen LogP contribution in [0.4, 0.5) is 11.5 Å². The molecule has 1 saturated heterocycles. The number of rotatable bonds is 10. The van der Waals surface area contributed by atoms with Gasteiger partial charge < -0.3 is 20.1 Å². The van der Waals surface area contributed by atoms with E-state index in [1.54, 1.807) is 0 Å². The molecular formula is C28H35N7O2S. The number of fused-ring (bicyclic) bond motifs is 1. The van der Waals surface area contributed by atoms with E-state index in [0.29, 0.717) is 29.6 Å². The zero-order valence-electron chi connectivity index (χ0n) is 22.0. The van der Waals surface area contributed by atoms with Gasteiger partial charge in [0.25, 0.3) is 5.91 Å². The van der Waals surface area contributed by atoms with Crippen molar-refractivity contribution in [1.82, 2.24) is 24.6 Å². The number of carbonyl (C=O) groups is 2. The van der Waals surface area contributed by atoms with Crippen LogP contribution >= 0.6 is 11.8 Å². The van der Waals surface area contributed by atoms with Gasteiger partial charge in [0.15, 0.2) is 0 Å². The number of aryl methyl sites for hydroxylation is 2. The van der Waals surface area contributed by atoms with Gasteiger partial charge in [0.1, 0.15) is 11.4 Å². The van der Waals surface area contributed by atoms with Crippen LogP contribution in [0, 0.1) is 5.92 Å². The molecule has 1 aromatic carbocycles. The second-order valence-electron chi connectivity index (χ2n) is 10.6. The number of amides is 2. The minimum Gasteiger partial charge on any atom is -0.367 e. The summed E-state index contributed by atoms with van der Waals surface area (Å²) in [7, 11) is 0. The Kier molecular flexibility index (Phi) is 6.90. The first-order chi connectivity index (χ1) is 18.5. The molecule has 0 bridgehead atoms. The molecular weight excluding hydrogens is 498 g/mol. The summed E-state index contributed by atoms with van der Waals surface area (Å²) in [5.41, 5.74) is 4.89. The molecule has 2 fully saturated rings. The number of aromatic nitrogens is 4. The minimum absolute atomic E-state index is 0.104. The first kappa shape index (κ1) is 25.0. The van der Waals surface area contributed by atoms with Gasteiger partial charge in [-0.2, -0.15) is 16.9 Å². The molecule has 2 N–H and O–H groups in total. The molecule has 0 radical (unpaired) electrons. The normalized spacial score (nSPS) is 19.2. The molecule has 1 saturated carbocycles. The number of benzene rings is 1. The summed E-state index contributed by atoms with van der Waals surface area (Å²) in [5.74, 6) is 1.36. The largest absolute Gasteiger partial charge is 0.367 e. The van der Waals surface area contributed by atoms with Crippen LogP contribution in [0.3, 0.4) is 0 Å². The van der Waals surface area contributed by atoms with Crippen molar-refractivity contribution in [3.8, 4) is 0 Å². The number of nitrogens with zero attached hydrogens (tertiary/aromatic N) is 5. The molecule has 2 aromatic heterocycles. The van der Waals surface area contributed by atoms with Crippen LogP contribution in [0.1, 0.15) is 65.4 Å². The van der Waals surface area contributed by atoms with Gasteiger partial charge in [-0.1, -0.05) is 25.8 Å². The average molecular weight is 534 g/mol. The number of nitrogens with one attached hydrogen (secondary N) is 2. The maximum absolute atomic E-state index is 13.4. The molecule has 38 heavy (non-hydrogen) atoms. The Morgan fingerprint density at radius 1 is 1.26 bits per heavy atom. The fraction of sp³-hybridized carbons (Fsp3) is 0.500. The molecule has 3 aliphatic rings. The number of imidazole rings is 1. The van der Waals surface area contributed by atoms with E-state index in [9.17, 15) is 9.59 Å². The van der Waals surface area contributed by atoms with E-state index in [0.717, 1.165) is 49.7 Å². The summed E-state index contributed by atoms with van der Waals surface area (Å²) in [6, 6.07) is 6.92. The second kappa shape index (κ2) is 10.5. The van der Waals surface area contributed by atoms with Crippen LogP contribution < -0.4 is 15.5 Å². The number of carbonyl (C=O) groups excluding carboxylic acids is 2. The maximum Gasteiger partial charge on any atom is 0.257 e. The van der Waals surface area contributed by atoms with Gasteiger partial charge in [0.05, 0.1) is 29.9 Å². The standard InChI is InChI=1S/C28H35N7O2S/c1-3-19-12-20(34-14-21(15-34)33-11-9-29-17-33)6-7-22(19)23-13-24-26(28(37)30-23)27(31-25(36)16-38-2)35(32-24)10-8-18-4-5-18/h6-7,9,11-12,17-18,21,23H,3-5,8,10,13-16H2,1-2H3,(H,30,37)(H,31,36). The predicted octanol–water partition coefficient (Wildman–Crippen LogP) is 3.83. The fourth-order valence-corrected chi connectivity index (χ4v) is 5.96. The fourth-order valence-electron chi connectivity index (χ4n) is 5.63. The third kappa shape index (κ3) is 4.93. The maximum atomic E-state index is 13.4. The van der Waals surface area contributed by atoms with Crippen molar-refractivity contribution in [3.63, 3.8) is 0 Å². The number of hydrogen-bond donors (Lipinski definition) is 2. The first-order valence-corrected chi connectivity index (χ1v) is 15.0. The molecule has 1 atom stereocenters. The molecule has 4 heterocycles.